The van der Waals surface area contributed by atoms with E-state index in [-0.39, 0.29) is 0 Å². The van der Waals surface area contributed by atoms with Gasteiger partial charge in [0, 0.05) is 5.56 Å². The van der Waals surface area contributed by atoms with Gasteiger partial charge in [0.2, 0.25) is 0 Å². The van der Waals surface area contributed by atoms with Gasteiger partial charge < -0.3 is 0 Å². The van der Waals surface area contributed by atoms with Gasteiger partial charge in [0.25, 0.3) is 0 Å². The molecule has 0 N–H and O–H groups in total. The van der Waals surface area contributed by atoms with Gasteiger partial charge >= 0.3 is 0 Å². The molecule has 0 radical (unpaired) electrons. The minimum Gasteiger partial charge on any atom is -0.219 e. The van der Waals surface area contributed by atoms with Crippen molar-refractivity contribution < 1.29 is 0 Å². The highest BCUT2D eigenvalue weighted by atomic mass is 15.0. The summed E-state index contributed by atoms with van der Waals surface area (Å²) in [4.78, 5) is 13.1. The summed E-state index contributed by atoms with van der Waals surface area (Å²) >= 11 is 0. The second-order valence-electron chi connectivity index (χ2n) is 4.53. The van der Waals surface area contributed by atoms with Crippen molar-refractivity contribution in [2.75, 3.05) is 0 Å². The second-order valence-corrected chi connectivity index (χ2v) is 4.53. The lowest BCUT2D eigenvalue weighted by Crippen LogP contribution is -2.01. The average Bonchev–Trinajstić information content (AvgIpc) is 2.13. The maximum Gasteiger partial charge on any atom is 0.163 e. The Morgan fingerprint density at radius 3 is 1.65 bits per heavy atom. The summed E-state index contributed by atoms with van der Waals surface area (Å²) < 4.78 is 0. The van der Waals surface area contributed by atoms with Crippen LogP contribution >= 0.6 is 0 Å². The van der Waals surface area contributed by atoms with Crippen LogP contribution in [-0.4, -0.2) is 15.0 Å². The maximum absolute atomic E-state index is 4.43. The highest BCUT2D eigenvalue weighted by Crippen LogP contribution is 2.25. The fourth-order valence-electron chi connectivity index (χ4n) is 2.26. The summed E-state index contributed by atoms with van der Waals surface area (Å²) in [5.41, 5.74) is 4.83. The molecule has 0 atom stereocenters. The predicted molar refractivity (Wildman–Crippen MR) is 68.9 cm³/mol. The molecule has 88 valence electrons. The summed E-state index contributed by atoms with van der Waals surface area (Å²) in [7, 11) is 0. The third-order valence-electron chi connectivity index (χ3n) is 2.76. The molecule has 0 aliphatic rings. The van der Waals surface area contributed by atoms with Crippen molar-refractivity contribution in [2.24, 2.45) is 0 Å². The van der Waals surface area contributed by atoms with E-state index in [0.29, 0.717) is 0 Å². The summed E-state index contributed by atoms with van der Waals surface area (Å²) in [5.74, 6) is 2.32. The van der Waals surface area contributed by atoms with E-state index >= 15 is 0 Å². The van der Waals surface area contributed by atoms with Crippen LogP contribution in [0.3, 0.4) is 0 Å². The molecule has 0 spiro atoms. The lowest BCUT2D eigenvalue weighted by molar-refractivity contribution is 0.926. The standard InChI is InChI=1S/C14H17N3/c1-8-6-9(2)13(10(3)7-8)14-16-11(4)15-12(5)17-14/h6-7H,1-5H3. The minimum atomic E-state index is 0.770. The Morgan fingerprint density at radius 2 is 1.18 bits per heavy atom. The first kappa shape index (κ1) is 11.7. The zero-order valence-corrected chi connectivity index (χ0v) is 11.0. The van der Waals surface area contributed by atoms with Crippen LogP contribution in [0, 0.1) is 34.6 Å². The molecule has 1 aromatic heterocycles. The Labute approximate surface area is 102 Å². The Hall–Kier alpha value is -1.77. The number of aryl methyl sites for hydroxylation is 5. The Kier molecular flexibility index (Phi) is 2.92. The summed E-state index contributed by atoms with van der Waals surface area (Å²) in [5, 5.41) is 0. The van der Waals surface area contributed by atoms with Gasteiger partial charge in [0.05, 0.1) is 0 Å². The average molecular weight is 227 g/mol. The van der Waals surface area contributed by atoms with Gasteiger partial charge in [-0.05, 0) is 45.7 Å². The first-order chi connectivity index (χ1) is 7.97. The second kappa shape index (κ2) is 4.24. The van der Waals surface area contributed by atoms with Crippen molar-refractivity contribution in [1.82, 2.24) is 15.0 Å². The Balaban J connectivity index is 2.68. The summed E-state index contributed by atoms with van der Waals surface area (Å²) in [6, 6.07) is 4.33. The van der Waals surface area contributed by atoms with E-state index in [0.717, 1.165) is 23.0 Å². The van der Waals surface area contributed by atoms with Crippen LogP contribution < -0.4 is 0 Å². The topological polar surface area (TPSA) is 38.7 Å². The molecular weight excluding hydrogens is 210 g/mol. The van der Waals surface area contributed by atoms with Crippen molar-refractivity contribution in [3.63, 3.8) is 0 Å². The number of benzene rings is 1. The quantitative estimate of drug-likeness (QED) is 0.751. The normalized spacial score (nSPS) is 10.6. The number of hydrogen-bond donors (Lipinski definition) is 0. The van der Waals surface area contributed by atoms with Crippen molar-refractivity contribution in [3.8, 4) is 11.4 Å². The highest BCUT2D eigenvalue weighted by Gasteiger charge is 2.10. The van der Waals surface area contributed by atoms with Crippen LogP contribution in [0.5, 0.6) is 0 Å². The summed E-state index contributed by atoms with van der Waals surface area (Å²) in [6.45, 7) is 10.1. The van der Waals surface area contributed by atoms with Crippen LogP contribution in [0.4, 0.5) is 0 Å². The SMILES string of the molecule is Cc1cc(C)c(-c2nc(C)nc(C)n2)c(C)c1. The van der Waals surface area contributed by atoms with Gasteiger partial charge in [-0.2, -0.15) is 0 Å². The van der Waals surface area contributed by atoms with Gasteiger partial charge in [-0.15, -0.1) is 0 Å². The first-order valence-electron chi connectivity index (χ1n) is 5.75. The van der Waals surface area contributed by atoms with Crippen LogP contribution in [-0.2, 0) is 0 Å². The van der Waals surface area contributed by atoms with E-state index in [1.54, 1.807) is 0 Å². The number of rotatable bonds is 1. The van der Waals surface area contributed by atoms with Crippen molar-refractivity contribution in [1.29, 1.82) is 0 Å². The molecule has 3 nitrogen and oxygen atoms in total. The van der Waals surface area contributed by atoms with Crippen LogP contribution in [0.15, 0.2) is 12.1 Å². The molecule has 1 aromatic carbocycles. The highest BCUT2D eigenvalue weighted by molar-refractivity contribution is 5.65. The molecule has 1 heterocycles. The molecule has 17 heavy (non-hydrogen) atoms. The van der Waals surface area contributed by atoms with Gasteiger partial charge in [-0.1, -0.05) is 17.7 Å². The van der Waals surface area contributed by atoms with E-state index in [1.807, 2.05) is 13.8 Å². The molecular formula is C14H17N3. The van der Waals surface area contributed by atoms with E-state index in [4.69, 9.17) is 0 Å². The molecule has 3 heteroatoms. The molecule has 0 bridgehead atoms. The van der Waals surface area contributed by atoms with E-state index in [1.165, 1.54) is 16.7 Å². The number of nitrogens with zero attached hydrogens (tertiary/aromatic N) is 3. The van der Waals surface area contributed by atoms with Crippen molar-refractivity contribution in [2.45, 2.75) is 34.6 Å². The van der Waals surface area contributed by atoms with Crippen LogP contribution in [0.1, 0.15) is 28.3 Å². The zero-order chi connectivity index (χ0) is 12.6. The molecule has 0 fully saturated rings. The fraction of sp³-hybridized carbons (Fsp3) is 0.357. The van der Waals surface area contributed by atoms with Gasteiger partial charge in [0.1, 0.15) is 11.6 Å². The third kappa shape index (κ3) is 2.33. The molecule has 2 rings (SSSR count). The van der Waals surface area contributed by atoms with Gasteiger partial charge in [0.15, 0.2) is 5.82 Å². The predicted octanol–water partition coefficient (Wildman–Crippen LogP) is 3.08. The van der Waals surface area contributed by atoms with Crippen molar-refractivity contribution in [3.05, 3.63) is 40.5 Å². The van der Waals surface area contributed by atoms with E-state index < -0.39 is 0 Å². The lowest BCUT2D eigenvalue weighted by atomic mass is 9.99. The van der Waals surface area contributed by atoms with Crippen LogP contribution in [0.25, 0.3) is 11.4 Å². The minimum absolute atomic E-state index is 0.770. The Morgan fingerprint density at radius 1 is 0.706 bits per heavy atom. The molecule has 0 aliphatic carbocycles. The summed E-state index contributed by atoms with van der Waals surface area (Å²) in [6.07, 6.45) is 0. The van der Waals surface area contributed by atoms with E-state index in [2.05, 4.69) is 47.9 Å². The largest absolute Gasteiger partial charge is 0.219 e. The van der Waals surface area contributed by atoms with Crippen LogP contribution in [0.2, 0.25) is 0 Å². The van der Waals surface area contributed by atoms with Gasteiger partial charge in [-0.3, -0.25) is 0 Å². The zero-order valence-electron chi connectivity index (χ0n) is 11.0. The molecule has 0 unspecified atom stereocenters. The van der Waals surface area contributed by atoms with Gasteiger partial charge in [-0.25, -0.2) is 15.0 Å². The molecule has 0 amide bonds. The number of hydrogen-bond acceptors (Lipinski definition) is 3. The monoisotopic (exact) mass is 227 g/mol. The molecule has 0 saturated carbocycles. The van der Waals surface area contributed by atoms with E-state index in [9.17, 15) is 0 Å². The maximum atomic E-state index is 4.43. The Bertz CT molecular complexity index is 530. The first-order valence-corrected chi connectivity index (χ1v) is 5.75. The molecule has 0 saturated heterocycles. The smallest absolute Gasteiger partial charge is 0.163 e. The molecule has 2 aromatic rings. The fourth-order valence-corrected chi connectivity index (χ4v) is 2.26. The number of aromatic nitrogens is 3. The third-order valence-corrected chi connectivity index (χ3v) is 2.76. The van der Waals surface area contributed by atoms with Crippen molar-refractivity contribution >= 4 is 0 Å². The molecule has 0 aliphatic heterocycles. The lowest BCUT2D eigenvalue weighted by Gasteiger charge is -2.10.